The second kappa shape index (κ2) is 12.0. The molecule has 4 rings (SSSR count). The number of piperazine rings is 1. The summed E-state index contributed by atoms with van der Waals surface area (Å²) in [7, 11) is 0. The normalized spacial score (nSPS) is 23.6. The Kier molecular flexibility index (Phi) is 9.03. The topological polar surface area (TPSA) is 85.4 Å². The molecule has 10 heteroatoms. The smallest absolute Gasteiger partial charge is 0.264 e. The lowest BCUT2D eigenvalue weighted by atomic mass is 9.91. The molecule has 9 nitrogen and oxygen atoms in total. The van der Waals surface area contributed by atoms with Gasteiger partial charge in [-0.1, -0.05) is 26.8 Å². The number of hydrogen-bond acceptors (Lipinski definition) is 7. The third-order valence-electron chi connectivity index (χ3n) is 7.19. The van der Waals surface area contributed by atoms with Gasteiger partial charge in [-0.25, -0.2) is 0 Å². The summed E-state index contributed by atoms with van der Waals surface area (Å²) in [4.78, 5) is 49.2. The van der Waals surface area contributed by atoms with Gasteiger partial charge in [-0.3, -0.25) is 19.3 Å². The number of nitrogens with one attached hydrogen (secondary N) is 1. The van der Waals surface area contributed by atoms with Gasteiger partial charge in [0.2, 0.25) is 11.8 Å². The van der Waals surface area contributed by atoms with E-state index in [0.29, 0.717) is 57.1 Å². The maximum Gasteiger partial charge on any atom is 0.264 e. The van der Waals surface area contributed by atoms with Gasteiger partial charge in [0.05, 0.1) is 24.1 Å². The average molecular weight is 520 g/mol. The minimum absolute atomic E-state index is 0.000283. The van der Waals surface area contributed by atoms with E-state index in [1.807, 2.05) is 27.3 Å². The van der Waals surface area contributed by atoms with E-state index in [2.05, 4.69) is 31.0 Å². The molecule has 1 aromatic heterocycles. The first-order valence-corrected chi connectivity index (χ1v) is 14.0. The van der Waals surface area contributed by atoms with Crippen molar-refractivity contribution in [3.05, 3.63) is 22.4 Å². The highest BCUT2D eigenvalue weighted by Gasteiger charge is 2.45. The number of thiophene rings is 1. The van der Waals surface area contributed by atoms with Crippen LogP contribution < -0.4 is 5.32 Å². The molecule has 3 fully saturated rings. The number of likely N-dealkylation sites (tertiary alicyclic amines) is 1. The van der Waals surface area contributed by atoms with Gasteiger partial charge >= 0.3 is 0 Å². The Morgan fingerprint density at radius 3 is 2.50 bits per heavy atom. The number of nitrogens with zero attached hydrogens (tertiary/aromatic N) is 4. The molecule has 0 radical (unpaired) electrons. The highest BCUT2D eigenvalue weighted by molar-refractivity contribution is 7.12. The molecule has 3 amide bonds. The molecule has 0 spiro atoms. The average Bonchev–Trinajstić information content (AvgIpc) is 3.54. The number of ether oxygens (including phenoxy) is 1. The number of rotatable bonds is 7. The van der Waals surface area contributed by atoms with Gasteiger partial charge in [0.1, 0.15) is 6.04 Å². The zero-order valence-corrected chi connectivity index (χ0v) is 22.7. The first kappa shape index (κ1) is 27.0. The summed E-state index contributed by atoms with van der Waals surface area (Å²) in [5.74, 6) is -0.0164. The van der Waals surface area contributed by atoms with E-state index in [1.54, 1.807) is 4.90 Å². The fraction of sp³-hybridized carbons (Fsp3) is 0.731. The van der Waals surface area contributed by atoms with E-state index in [4.69, 9.17) is 4.74 Å². The van der Waals surface area contributed by atoms with E-state index in [1.165, 1.54) is 11.3 Å². The van der Waals surface area contributed by atoms with Gasteiger partial charge in [0, 0.05) is 65.3 Å². The minimum Gasteiger partial charge on any atom is -0.379 e. The second-order valence-corrected chi connectivity index (χ2v) is 12.1. The van der Waals surface area contributed by atoms with Crippen molar-refractivity contribution in [1.82, 2.24) is 24.9 Å². The Labute approximate surface area is 218 Å². The van der Waals surface area contributed by atoms with Crippen molar-refractivity contribution in [3.8, 4) is 0 Å². The Morgan fingerprint density at radius 1 is 1.14 bits per heavy atom. The molecule has 1 N–H and O–H groups in total. The van der Waals surface area contributed by atoms with Gasteiger partial charge in [-0.15, -0.1) is 11.3 Å². The summed E-state index contributed by atoms with van der Waals surface area (Å²) in [5, 5.41) is 5.17. The Morgan fingerprint density at radius 2 is 1.86 bits per heavy atom. The van der Waals surface area contributed by atoms with Crippen molar-refractivity contribution < 1.29 is 19.1 Å². The molecular weight excluding hydrogens is 478 g/mol. The van der Waals surface area contributed by atoms with Crippen molar-refractivity contribution in [2.75, 3.05) is 72.1 Å². The lowest BCUT2D eigenvalue weighted by Gasteiger charge is -2.34. The number of carbonyl (C=O) groups excluding carboxylic acids is 3. The lowest BCUT2D eigenvalue weighted by Crippen LogP contribution is -2.53. The largest absolute Gasteiger partial charge is 0.379 e. The van der Waals surface area contributed by atoms with E-state index in [-0.39, 0.29) is 29.2 Å². The van der Waals surface area contributed by atoms with Gasteiger partial charge in [0.15, 0.2) is 0 Å². The fourth-order valence-electron chi connectivity index (χ4n) is 5.28. The molecule has 0 aliphatic carbocycles. The van der Waals surface area contributed by atoms with Crippen LogP contribution in [-0.2, 0) is 14.3 Å². The zero-order chi connectivity index (χ0) is 25.7. The summed E-state index contributed by atoms with van der Waals surface area (Å²) in [6.07, 6.45) is 0.917. The number of morpholine rings is 1. The van der Waals surface area contributed by atoms with Gasteiger partial charge in [0.25, 0.3) is 5.91 Å². The lowest BCUT2D eigenvalue weighted by molar-refractivity contribution is -0.137. The minimum atomic E-state index is -0.545. The Bertz CT molecular complexity index is 891. The van der Waals surface area contributed by atoms with Crippen molar-refractivity contribution >= 4 is 29.1 Å². The zero-order valence-electron chi connectivity index (χ0n) is 21.9. The quantitative estimate of drug-likeness (QED) is 0.586. The van der Waals surface area contributed by atoms with Crippen LogP contribution >= 0.6 is 11.3 Å². The fourth-order valence-corrected chi connectivity index (χ4v) is 5.95. The molecule has 3 aliphatic heterocycles. The van der Waals surface area contributed by atoms with Gasteiger partial charge in [-0.05, 0) is 23.3 Å². The van der Waals surface area contributed by atoms with Crippen LogP contribution in [0.25, 0.3) is 0 Å². The van der Waals surface area contributed by atoms with E-state index < -0.39 is 6.04 Å². The molecule has 0 bridgehead atoms. The van der Waals surface area contributed by atoms with E-state index in [9.17, 15) is 14.4 Å². The molecule has 2 unspecified atom stereocenters. The van der Waals surface area contributed by atoms with Crippen LogP contribution in [0.15, 0.2) is 17.5 Å². The summed E-state index contributed by atoms with van der Waals surface area (Å²) in [5.41, 5.74) is -0.143. The number of carbonyl (C=O) groups is 3. The van der Waals surface area contributed by atoms with Gasteiger partial charge in [-0.2, -0.15) is 0 Å². The Hall–Kier alpha value is -2.01. The number of hydrogen-bond donors (Lipinski definition) is 1. The second-order valence-electron chi connectivity index (χ2n) is 11.2. The summed E-state index contributed by atoms with van der Waals surface area (Å²) < 4.78 is 5.48. The third-order valence-corrected chi connectivity index (χ3v) is 8.05. The van der Waals surface area contributed by atoms with Crippen molar-refractivity contribution in [2.45, 2.75) is 45.7 Å². The van der Waals surface area contributed by atoms with Crippen LogP contribution in [0.3, 0.4) is 0 Å². The molecule has 200 valence electrons. The monoisotopic (exact) mass is 519 g/mol. The molecule has 4 heterocycles. The highest BCUT2D eigenvalue weighted by Crippen LogP contribution is 2.29. The standard InChI is InChI=1S/C26H41N5O4S/c1-26(2,3)18-23(32)30(11-10-28-12-14-35-15-13-28)20-17-21(24(33)29-8-6-27-7-9-29)31(19-20)25(34)22-5-4-16-36-22/h4-5,16,20-21,27H,6-15,17-19H2,1-3H3. The van der Waals surface area contributed by atoms with E-state index >= 15 is 0 Å². The van der Waals surface area contributed by atoms with Crippen LogP contribution in [0.4, 0.5) is 0 Å². The van der Waals surface area contributed by atoms with Crippen LogP contribution in [0, 0.1) is 5.41 Å². The third kappa shape index (κ3) is 6.85. The predicted molar refractivity (Wildman–Crippen MR) is 140 cm³/mol. The maximum absolute atomic E-state index is 13.6. The summed E-state index contributed by atoms with van der Waals surface area (Å²) in [6.45, 7) is 13.9. The van der Waals surface area contributed by atoms with Crippen molar-refractivity contribution in [3.63, 3.8) is 0 Å². The Balaban J connectivity index is 1.55. The first-order valence-electron chi connectivity index (χ1n) is 13.2. The predicted octanol–water partition coefficient (Wildman–Crippen LogP) is 1.36. The summed E-state index contributed by atoms with van der Waals surface area (Å²) in [6, 6.07) is 2.95. The van der Waals surface area contributed by atoms with Crippen molar-refractivity contribution in [1.29, 1.82) is 0 Å². The SMILES string of the molecule is CC(C)(C)CC(=O)N(CCN1CCOCC1)C1CC(C(=O)N2CCNCC2)N(C(=O)c2cccs2)C1. The van der Waals surface area contributed by atoms with Gasteiger partial charge < -0.3 is 24.8 Å². The maximum atomic E-state index is 13.6. The summed E-state index contributed by atoms with van der Waals surface area (Å²) >= 11 is 1.39. The highest BCUT2D eigenvalue weighted by atomic mass is 32.1. The number of amides is 3. The molecule has 0 aromatic carbocycles. The van der Waals surface area contributed by atoms with Crippen LogP contribution in [0.2, 0.25) is 0 Å². The first-order chi connectivity index (χ1) is 17.2. The van der Waals surface area contributed by atoms with Crippen LogP contribution in [-0.4, -0.2) is 122 Å². The van der Waals surface area contributed by atoms with Crippen LogP contribution in [0.5, 0.6) is 0 Å². The van der Waals surface area contributed by atoms with Crippen molar-refractivity contribution in [2.24, 2.45) is 5.41 Å². The molecule has 2 atom stereocenters. The molecule has 1 aromatic rings. The van der Waals surface area contributed by atoms with Crippen LogP contribution in [0.1, 0.15) is 43.3 Å². The molecule has 0 saturated carbocycles. The molecule has 36 heavy (non-hydrogen) atoms. The van der Waals surface area contributed by atoms with E-state index in [0.717, 1.165) is 32.7 Å². The molecule has 3 aliphatic rings. The molecular formula is C26H41N5O4S. The molecule has 3 saturated heterocycles.